The van der Waals surface area contributed by atoms with Crippen molar-refractivity contribution in [2.24, 2.45) is 0 Å². The van der Waals surface area contributed by atoms with Crippen LogP contribution in [0.1, 0.15) is 43.0 Å². The topological polar surface area (TPSA) is 76.2 Å². The molecular weight excluding hydrogens is 302 g/mol. The minimum absolute atomic E-state index is 0.0740. The number of fused-ring (bicyclic) bond motifs is 1. The van der Waals surface area contributed by atoms with Gasteiger partial charge in [-0.3, -0.25) is 9.59 Å². The van der Waals surface area contributed by atoms with Crippen LogP contribution < -0.4 is 0 Å². The van der Waals surface area contributed by atoms with E-state index in [9.17, 15) is 14.4 Å². The highest BCUT2D eigenvalue weighted by atomic mass is 35.5. The molecule has 0 aliphatic heterocycles. The number of rotatable bonds is 4. The Morgan fingerprint density at radius 2 is 1.95 bits per heavy atom. The van der Waals surface area contributed by atoms with Crippen molar-refractivity contribution in [2.45, 2.75) is 13.8 Å². The van der Waals surface area contributed by atoms with Gasteiger partial charge in [0.2, 0.25) is 0 Å². The van der Waals surface area contributed by atoms with Crippen LogP contribution in [-0.2, 0) is 4.74 Å². The molecule has 0 aromatic carbocycles. The van der Waals surface area contributed by atoms with Crippen LogP contribution in [0.3, 0.4) is 0 Å². The zero-order chi connectivity index (χ0) is 15.0. The van der Waals surface area contributed by atoms with Gasteiger partial charge in [0.15, 0.2) is 11.6 Å². The number of Topliss-reactive ketones (excluding diaryl/α,β-unsaturated/α-hetero) is 2. The maximum atomic E-state index is 11.9. The van der Waals surface area contributed by atoms with E-state index < -0.39 is 5.97 Å². The Balaban J connectivity index is 2.82. The fourth-order valence-electron chi connectivity index (χ4n) is 2.13. The first-order chi connectivity index (χ1) is 9.42. The predicted octanol–water partition coefficient (Wildman–Crippen LogP) is 2.95. The quantitative estimate of drug-likeness (QED) is 0.535. The number of hydrogen-bond acceptors (Lipinski definition) is 5. The van der Waals surface area contributed by atoms with Gasteiger partial charge in [0.25, 0.3) is 0 Å². The molecular formula is C13H12ClNO4S. The summed E-state index contributed by atoms with van der Waals surface area (Å²) in [7, 11) is 1.23. The predicted molar refractivity (Wildman–Crippen MR) is 77.3 cm³/mol. The van der Waals surface area contributed by atoms with E-state index in [0.717, 1.165) is 4.88 Å². The number of thiophene rings is 1. The Hall–Kier alpha value is -1.66. The van der Waals surface area contributed by atoms with E-state index in [1.807, 2.05) is 0 Å². The Bertz CT molecular complexity index is 728. The molecule has 0 fully saturated rings. The Morgan fingerprint density at radius 1 is 1.30 bits per heavy atom. The van der Waals surface area contributed by atoms with Crippen molar-refractivity contribution >= 4 is 50.7 Å². The zero-order valence-corrected chi connectivity index (χ0v) is 12.7. The van der Waals surface area contributed by atoms with Crippen molar-refractivity contribution in [1.29, 1.82) is 0 Å². The number of aryl methyl sites for hydroxylation is 1. The average Bonchev–Trinajstić information content (AvgIpc) is 2.90. The van der Waals surface area contributed by atoms with Gasteiger partial charge < -0.3 is 9.72 Å². The molecule has 1 N–H and O–H groups in total. The van der Waals surface area contributed by atoms with Gasteiger partial charge in [0.05, 0.1) is 34.3 Å². The number of esters is 1. The lowest BCUT2D eigenvalue weighted by molar-refractivity contribution is 0.0591. The van der Waals surface area contributed by atoms with E-state index in [1.54, 1.807) is 6.92 Å². The van der Waals surface area contributed by atoms with Crippen LogP contribution in [0.15, 0.2) is 0 Å². The van der Waals surface area contributed by atoms with E-state index in [1.165, 1.54) is 25.4 Å². The first-order valence-electron chi connectivity index (χ1n) is 5.75. The fourth-order valence-corrected chi connectivity index (χ4v) is 3.50. The van der Waals surface area contributed by atoms with Crippen LogP contribution in [-0.4, -0.2) is 35.5 Å². The van der Waals surface area contributed by atoms with Crippen LogP contribution in [0.25, 0.3) is 10.2 Å². The number of aromatic amines is 1. The molecule has 7 heteroatoms. The number of alkyl halides is 1. The summed E-state index contributed by atoms with van der Waals surface area (Å²) in [6.07, 6.45) is 0. The monoisotopic (exact) mass is 313 g/mol. The number of aromatic nitrogens is 1. The summed E-state index contributed by atoms with van der Waals surface area (Å²) < 4.78 is 5.24. The van der Waals surface area contributed by atoms with Crippen LogP contribution >= 0.6 is 22.9 Å². The van der Waals surface area contributed by atoms with E-state index in [2.05, 4.69) is 9.72 Å². The molecule has 0 atom stereocenters. The van der Waals surface area contributed by atoms with Gasteiger partial charge in [-0.25, -0.2) is 4.79 Å². The summed E-state index contributed by atoms with van der Waals surface area (Å²) >= 11 is 6.88. The molecule has 20 heavy (non-hydrogen) atoms. The molecule has 0 saturated heterocycles. The lowest BCUT2D eigenvalue weighted by atomic mass is 10.1. The van der Waals surface area contributed by atoms with Gasteiger partial charge >= 0.3 is 5.97 Å². The lowest BCUT2D eigenvalue weighted by Crippen LogP contribution is -2.08. The molecule has 2 rings (SSSR count). The summed E-state index contributed by atoms with van der Waals surface area (Å²) in [6.45, 7) is 3.15. The molecule has 0 unspecified atom stereocenters. The number of H-pyrrole nitrogens is 1. The van der Waals surface area contributed by atoms with Crippen molar-refractivity contribution in [2.75, 3.05) is 13.0 Å². The number of nitrogens with one attached hydrogen (secondary N) is 1. The van der Waals surface area contributed by atoms with E-state index in [4.69, 9.17) is 11.6 Å². The molecule has 5 nitrogen and oxygen atoms in total. The van der Waals surface area contributed by atoms with Gasteiger partial charge in [-0.15, -0.1) is 22.9 Å². The lowest BCUT2D eigenvalue weighted by Gasteiger charge is -1.99. The minimum atomic E-state index is -0.638. The normalized spacial score (nSPS) is 10.8. The molecule has 0 saturated carbocycles. The average molecular weight is 314 g/mol. The van der Waals surface area contributed by atoms with E-state index in [-0.39, 0.29) is 28.7 Å². The minimum Gasteiger partial charge on any atom is -0.464 e. The van der Waals surface area contributed by atoms with Crippen LogP contribution in [0.5, 0.6) is 0 Å². The highest BCUT2D eigenvalue weighted by Gasteiger charge is 2.27. The second kappa shape index (κ2) is 5.38. The van der Waals surface area contributed by atoms with Crippen molar-refractivity contribution in [3.05, 3.63) is 21.7 Å². The standard InChI is InChI=1S/C13H12ClNO4S/c1-5(16)8-11(13(18)19-3)15-10-9(7(17)4-14)6(2)20-12(8)10/h15H,4H2,1-3H3. The second-order valence-electron chi connectivity index (χ2n) is 4.22. The van der Waals surface area contributed by atoms with Gasteiger partial charge in [-0.05, 0) is 13.8 Å². The number of methoxy groups -OCH3 is 1. The Kier molecular flexibility index (Phi) is 3.96. The van der Waals surface area contributed by atoms with Crippen molar-refractivity contribution in [3.8, 4) is 0 Å². The number of carbonyl (C=O) groups is 3. The molecule has 0 radical (unpaired) electrons. The summed E-state index contributed by atoms with van der Waals surface area (Å²) in [4.78, 5) is 39.0. The molecule has 0 aliphatic carbocycles. The Morgan fingerprint density at radius 3 is 2.45 bits per heavy atom. The molecule has 0 amide bonds. The van der Waals surface area contributed by atoms with Crippen LogP contribution in [0.2, 0.25) is 0 Å². The third kappa shape index (κ3) is 2.14. The molecule has 0 spiro atoms. The van der Waals surface area contributed by atoms with E-state index in [0.29, 0.717) is 15.8 Å². The largest absolute Gasteiger partial charge is 0.464 e. The smallest absolute Gasteiger partial charge is 0.355 e. The SMILES string of the molecule is COC(=O)c1[nH]c2c(C(=O)CCl)c(C)sc2c1C(C)=O. The number of carbonyl (C=O) groups excluding carboxylic acids is 3. The Labute approximate surface area is 123 Å². The van der Waals surface area contributed by atoms with Crippen LogP contribution in [0, 0.1) is 6.92 Å². The number of halogens is 1. The number of hydrogen-bond donors (Lipinski definition) is 1. The van der Waals surface area contributed by atoms with Crippen molar-refractivity contribution in [3.63, 3.8) is 0 Å². The maximum absolute atomic E-state index is 11.9. The highest BCUT2D eigenvalue weighted by molar-refractivity contribution is 7.20. The van der Waals surface area contributed by atoms with E-state index >= 15 is 0 Å². The molecule has 2 aromatic heterocycles. The summed E-state index contributed by atoms with van der Waals surface area (Å²) in [5, 5.41) is 0. The second-order valence-corrected chi connectivity index (χ2v) is 5.71. The number of ether oxygens (including phenoxy) is 1. The van der Waals surface area contributed by atoms with Gasteiger partial charge in [-0.1, -0.05) is 0 Å². The van der Waals surface area contributed by atoms with Gasteiger partial charge in [-0.2, -0.15) is 0 Å². The molecule has 2 heterocycles. The maximum Gasteiger partial charge on any atom is 0.355 e. The van der Waals surface area contributed by atoms with Crippen LogP contribution in [0.4, 0.5) is 0 Å². The van der Waals surface area contributed by atoms with Crippen molar-refractivity contribution in [1.82, 2.24) is 4.98 Å². The summed E-state index contributed by atoms with van der Waals surface area (Å²) in [5.74, 6) is -1.30. The molecule has 106 valence electrons. The molecule has 0 aliphatic rings. The van der Waals surface area contributed by atoms with Crippen molar-refractivity contribution < 1.29 is 19.1 Å². The highest BCUT2D eigenvalue weighted by Crippen LogP contribution is 2.35. The molecule has 2 aromatic rings. The first-order valence-corrected chi connectivity index (χ1v) is 7.10. The fraction of sp³-hybridized carbons (Fsp3) is 0.308. The number of ketones is 2. The third-order valence-corrected chi connectivity index (χ3v) is 4.32. The summed E-state index contributed by atoms with van der Waals surface area (Å²) in [6, 6.07) is 0. The first kappa shape index (κ1) is 14.7. The molecule has 0 bridgehead atoms. The third-order valence-electron chi connectivity index (χ3n) is 2.95. The van der Waals surface area contributed by atoms with Gasteiger partial charge in [0, 0.05) is 4.88 Å². The van der Waals surface area contributed by atoms with Gasteiger partial charge in [0.1, 0.15) is 5.69 Å². The zero-order valence-electron chi connectivity index (χ0n) is 11.1. The summed E-state index contributed by atoms with van der Waals surface area (Å²) in [5.41, 5.74) is 1.24.